The summed E-state index contributed by atoms with van der Waals surface area (Å²) in [4.78, 5) is 11.6. The van der Waals surface area contributed by atoms with Crippen molar-refractivity contribution in [3.63, 3.8) is 0 Å². The summed E-state index contributed by atoms with van der Waals surface area (Å²) >= 11 is 0. The van der Waals surface area contributed by atoms with Crippen LogP contribution in [0, 0.1) is 0 Å². The Kier molecular flexibility index (Phi) is 3.23. The molecule has 1 fully saturated rings. The molecular weight excluding hydrogens is 307 g/mol. The molecule has 4 N–H and O–H groups in total. The second-order valence-corrected chi connectivity index (χ2v) is 4.95. The molecule has 0 aliphatic carbocycles. The molecule has 0 spiro atoms. The van der Waals surface area contributed by atoms with Crippen molar-refractivity contribution < 1.29 is 28.1 Å². The van der Waals surface area contributed by atoms with E-state index in [1.54, 1.807) is 0 Å². The molecule has 22 heavy (non-hydrogen) atoms. The predicted octanol–water partition coefficient (Wildman–Crippen LogP) is -0.0183. The molecule has 2 aromatic rings. The fourth-order valence-electron chi connectivity index (χ4n) is 2.49. The van der Waals surface area contributed by atoms with E-state index < -0.39 is 30.7 Å². The minimum absolute atomic E-state index is 0.0755. The minimum atomic E-state index is -4.93. The summed E-state index contributed by atoms with van der Waals surface area (Å²) in [7, 11) is 0. The lowest BCUT2D eigenvalue weighted by Crippen LogP contribution is -2.55. The monoisotopic (exact) mass is 319 g/mol. The number of halogens is 3. The molecule has 3 unspecified atom stereocenters. The van der Waals surface area contributed by atoms with Gasteiger partial charge in [0.2, 0.25) is 5.60 Å². The number of aromatic nitrogens is 4. The van der Waals surface area contributed by atoms with Crippen LogP contribution in [0.1, 0.15) is 12.6 Å². The number of aliphatic hydroxyl groups excluding tert-OH is 2. The molecule has 11 heteroatoms. The summed E-state index contributed by atoms with van der Waals surface area (Å²) in [6.45, 7) is -1.39. The molecule has 3 atom stereocenters. The van der Waals surface area contributed by atoms with Crippen molar-refractivity contribution in [3.8, 4) is 0 Å². The predicted molar refractivity (Wildman–Crippen MR) is 66.4 cm³/mol. The Balaban J connectivity index is 2.02. The number of nitrogen functional groups attached to an aromatic ring is 1. The zero-order valence-electron chi connectivity index (χ0n) is 11.0. The van der Waals surface area contributed by atoms with Crippen LogP contribution in [0.25, 0.3) is 11.2 Å². The molecular formula is C11H12F3N5O3. The molecule has 1 aliphatic rings. The van der Waals surface area contributed by atoms with Gasteiger partial charge in [0.15, 0.2) is 11.5 Å². The van der Waals surface area contributed by atoms with Gasteiger partial charge in [-0.1, -0.05) is 0 Å². The van der Waals surface area contributed by atoms with Gasteiger partial charge in [-0.2, -0.15) is 13.2 Å². The number of alkyl halides is 3. The molecule has 3 rings (SSSR count). The van der Waals surface area contributed by atoms with Gasteiger partial charge in [0.05, 0.1) is 19.0 Å². The minimum Gasteiger partial charge on any atom is -0.393 e. The van der Waals surface area contributed by atoms with Crippen molar-refractivity contribution in [2.24, 2.45) is 0 Å². The van der Waals surface area contributed by atoms with Crippen molar-refractivity contribution in [2.75, 3.05) is 12.3 Å². The highest BCUT2D eigenvalue weighted by molar-refractivity contribution is 5.81. The Morgan fingerprint density at radius 3 is 2.73 bits per heavy atom. The first-order valence-electron chi connectivity index (χ1n) is 6.26. The topological polar surface area (TPSA) is 119 Å². The largest absolute Gasteiger partial charge is 0.422 e. The number of hydrogen-bond donors (Lipinski definition) is 3. The van der Waals surface area contributed by atoms with Crippen molar-refractivity contribution in [3.05, 3.63) is 12.7 Å². The van der Waals surface area contributed by atoms with Gasteiger partial charge in [-0.05, 0) is 0 Å². The third kappa shape index (κ3) is 1.93. The van der Waals surface area contributed by atoms with Crippen LogP contribution in [-0.2, 0) is 4.74 Å². The quantitative estimate of drug-likeness (QED) is 0.711. The van der Waals surface area contributed by atoms with Gasteiger partial charge >= 0.3 is 6.18 Å². The Bertz CT molecular complexity index is 706. The number of fused-ring (bicyclic) bond motifs is 1. The van der Waals surface area contributed by atoms with E-state index in [9.17, 15) is 18.3 Å². The van der Waals surface area contributed by atoms with Gasteiger partial charge in [-0.15, -0.1) is 0 Å². The molecule has 1 saturated heterocycles. The number of ether oxygens (including phenoxy) is 1. The highest BCUT2D eigenvalue weighted by atomic mass is 19.4. The number of imidazole rings is 1. The van der Waals surface area contributed by atoms with Crippen molar-refractivity contribution in [1.82, 2.24) is 19.5 Å². The maximum Gasteiger partial charge on any atom is 0.422 e. The Morgan fingerprint density at radius 2 is 2.14 bits per heavy atom. The molecule has 120 valence electrons. The molecule has 2 aromatic heterocycles. The first-order valence-corrected chi connectivity index (χ1v) is 6.26. The molecule has 0 bridgehead atoms. The van der Waals surface area contributed by atoms with E-state index in [0.29, 0.717) is 0 Å². The van der Waals surface area contributed by atoms with Crippen LogP contribution in [0.2, 0.25) is 0 Å². The Labute approximate surface area is 121 Å². The number of aliphatic hydroxyl groups is 2. The van der Waals surface area contributed by atoms with Gasteiger partial charge < -0.3 is 20.7 Å². The molecule has 0 aromatic carbocycles. The summed E-state index contributed by atoms with van der Waals surface area (Å²) in [5.74, 6) is 0.0755. The highest BCUT2D eigenvalue weighted by Gasteiger charge is 2.65. The van der Waals surface area contributed by atoms with E-state index in [2.05, 4.69) is 15.0 Å². The van der Waals surface area contributed by atoms with Crippen LogP contribution >= 0.6 is 0 Å². The van der Waals surface area contributed by atoms with E-state index in [0.717, 1.165) is 6.33 Å². The number of nitrogens with zero attached hydrogens (tertiary/aromatic N) is 4. The lowest BCUT2D eigenvalue weighted by atomic mass is 9.97. The van der Waals surface area contributed by atoms with Crippen LogP contribution in [0.5, 0.6) is 0 Å². The molecule has 0 saturated carbocycles. The molecule has 0 amide bonds. The van der Waals surface area contributed by atoms with Crippen molar-refractivity contribution in [2.45, 2.75) is 30.5 Å². The zero-order valence-corrected chi connectivity index (χ0v) is 11.0. The van der Waals surface area contributed by atoms with Crippen LogP contribution in [0.4, 0.5) is 19.0 Å². The SMILES string of the molecule is Nc1ncnc2c1ncn2C1CC(O)C(CO)(C(F)(F)F)O1. The van der Waals surface area contributed by atoms with Crippen molar-refractivity contribution >= 4 is 17.0 Å². The second kappa shape index (κ2) is 4.76. The third-order valence-electron chi connectivity index (χ3n) is 3.72. The van der Waals surface area contributed by atoms with Gasteiger partial charge in [0.25, 0.3) is 0 Å². The molecule has 8 nitrogen and oxygen atoms in total. The first-order chi connectivity index (χ1) is 10.3. The van der Waals surface area contributed by atoms with E-state index in [4.69, 9.17) is 15.6 Å². The molecule has 0 radical (unpaired) electrons. The normalized spacial score (nSPS) is 29.3. The Morgan fingerprint density at radius 1 is 1.41 bits per heavy atom. The molecule has 1 aliphatic heterocycles. The summed E-state index contributed by atoms with van der Waals surface area (Å²) in [6, 6.07) is 0. The summed E-state index contributed by atoms with van der Waals surface area (Å²) < 4.78 is 45.6. The fraction of sp³-hybridized carbons (Fsp3) is 0.545. The van der Waals surface area contributed by atoms with Gasteiger partial charge in [0, 0.05) is 6.42 Å². The maximum absolute atomic E-state index is 13.1. The fourth-order valence-corrected chi connectivity index (χ4v) is 2.49. The summed E-state index contributed by atoms with van der Waals surface area (Å²) in [5.41, 5.74) is 2.97. The zero-order chi connectivity index (χ0) is 16.1. The number of hydrogen-bond acceptors (Lipinski definition) is 7. The average Bonchev–Trinajstić information content (AvgIpc) is 3.00. The van der Waals surface area contributed by atoms with E-state index in [1.165, 1.54) is 10.9 Å². The lowest BCUT2D eigenvalue weighted by Gasteiger charge is -2.32. The highest BCUT2D eigenvalue weighted by Crippen LogP contribution is 2.47. The summed E-state index contributed by atoms with van der Waals surface area (Å²) in [6.07, 6.45) is -6.07. The first kappa shape index (κ1) is 14.9. The van der Waals surface area contributed by atoms with Crippen LogP contribution in [0.15, 0.2) is 12.7 Å². The standard InChI is InChI=1S/C11H12F3N5O3/c12-11(13,14)10(2-20)5(21)1-6(22-10)19-4-18-7-8(15)16-3-17-9(7)19/h3-6,20-21H,1-2H2,(H2,15,16,17). The van der Waals surface area contributed by atoms with Gasteiger partial charge in [0.1, 0.15) is 18.1 Å². The lowest BCUT2D eigenvalue weighted by molar-refractivity contribution is -0.305. The van der Waals surface area contributed by atoms with Crippen LogP contribution in [-0.4, -0.2) is 54.2 Å². The summed E-state index contributed by atoms with van der Waals surface area (Å²) in [5, 5.41) is 18.9. The smallest absolute Gasteiger partial charge is 0.393 e. The van der Waals surface area contributed by atoms with E-state index in [1.807, 2.05) is 0 Å². The third-order valence-corrected chi connectivity index (χ3v) is 3.72. The Hall–Kier alpha value is -1.98. The number of anilines is 1. The van der Waals surface area contributed by atoms with Gasteiger partial charge in [-0.3, -0.25) is 4.57 Å². The van der Waals surface area contributed by atoms with E-state index >= 15 is 0 Å². The van der Waals surface area contributed by atoms with E-state index in [-0.39, 0.29) is 23.4 Å². The van der Waals surface area contributed by atoms with Gasteiger partial charge in [-0.25, -0.2) is 15.0 Å². The number of nitrogens with two attached hydrogens (primary N) is 1. The van der Waals surface area contributed by atoms with Crippen LogP contribution in [0.3, 0.4) is 0 Å². The van der Waals surface area contributed by atoms with Crippen molar-refractivity contribution in [1.29, 1.82) is 0 Å². The van der Waals surface area contributed by atoms with Crippen LogP contribution < -0.4 is 5.73 Å². The maximum atomic E-state index is 13.1. The average molecular weight is 319 g/mol. The number of rotatable bonds is 2. The molecule has 3 heterocycles. The second-order valence-electron chi connectivity index (χ2n) is 4.95.